The zero-order chi connectivity index (χ0) is 17.4. The molecule has 1 aromatic carbocycles. The monoisotopic (exact) mass is 332 g/mol. The second-order valence-corrected chi connectivity index (χ2v) is 6.55. The number of hydrogen-bond acceptors (Lipinski definition) is 4. The van der Waals surface area contributed by atoms with E-state index in [1.807, 2.05) is 36.4 Å². The Labute approximate surface area is 145 Å². The van der Waals surface area contributed by atoms with Gasteiger partial charge in [-0.1, -0.05) is 24.3 Å². The number of fused-ring (bicyclic) bond motifs is 4. The van der Waals surface area contributed by atoms with Crippen LogP contribution in [0.4, 0.5) is 0 Å². The molecule has 0 fully saturated rings. The fourth-order valence-electron chi connectivity index (χ4n) is 3.33. The van der Waals surface area contributed by atoms with Gasteiger partial charge in [0.25, 0.3) is 0 Å². The zero-order valence-corrected chi connectivity index (χ0v) is 14.4. The summed E-state index contributed by atoms with van der Waals surface area (Å²) in [6.45, 7) is 1.77. The number of benzene rings is 2. The second-order valence-electron chi connectivity index (χ2n) is 6.55. The Kier molecular flexibility index (Phi) is 3.93. The quantitative estimate of drug-likeness (QED) is 0.426. The summed E-state index contributed by atoms with van der Waals surface area (Å²) >= 11 is 0. The summed E-state index contributed by atoms with van der Waals surface area (Å²) in [4.78, 5) is 24.1. The number of hydrogen-bond donors (Lipinski definition) is 0. The van der Waals surface area contributed by atoms with E-state index < -0.39 is 0 Å². The number of aromatic nitrogens is 3. The lowest BCUT2D eigenvalue weighted by molar-refractivity contribution is 0.388. The summed E-state index contributed by atoms with van der Waals surface area (Å²) in [7, 11) is 4.13. The van der Waals surface area contributed by atoms with Crippen molar-refractivity contribution >= 4 is 21.9 Å². The van der Waals surface area contributed by atoms with Gasteiger partial charge in [0.1, 0.15) is 5.52 Å². The van der Waals surface area contributed by atoms with Crippen molar-refractivity contribution in [1.29, 1.82) is 0 Å². The van der Waals surface area contributed by atoms with Crippen molar-refractivity contribution in [2.45, 2.75) is 13.0 Å². The third-order valence-electron chi connectivity index (χ3n) is 4.49. The molecule has 5 heteroatoms. The van der Waals surface area contributed by atoms with E-state index in [1.54, 1.807) is 12.3 Å². The van der Waals surface area contributed by atoms with Crippen LogP contribution in [0.1, 0.15) is 6.42 Å². The lowest BCUT2D eigenvalue weighted by Gasteiger charge is -2.19. The summed E-state index contributed by atoms with van der Waals surface area (Å²) in [6.07, 6.45) is 2.75. The molecule has 2 heterocycles. The van der Waals surface area contributed by atoms with Gasteiger partial charge in [0.05, 0.1) is 11.4 Å². The van der Waals surface area contributed by atoms with Crippen LogP contribution in [-0.2, 0) is 6.54 Å². The number of aryl methyl sites for hydroxylation is 1. The maximum absolute atomic E-state index is 12.6. The van der Waals surface area contributed by atoms with E-state index in [1.165, 1.54) is 0 Å². The van der Waals surface area contributed by atoms with Crippen LogP contribution in [0.2, 0.25) is 0 Å². The van der Waals surface area contributed by atoms with Crippen molar-refractivity contribution in [2.75, 3.05) is 20.6 Å². The second kappa shape index (κ2) is 6.26. The molecule has 0 unspecified atom stereocenters. The lowest BCUT2D eigenvalue weighted by atomic mass is 10.0. The lowest BCUT2D eigenvalue weighted by Crippen LogP contribution is -2.18. The molecule has 1 aliphatic heterocycles. The molecule has 1 aromatic heterocycles. The summed E-state index contributed by atoms with van der Waals surface area (Å²) < 4.78 is 2.13. The minimum absolute atomic E-state index is 0.0292. The Morgan fingerprint density at radius 2 is 1.88 bits per heavy atom. The van der Waals surface area contributed by atoms with Gasteiger partial charge in [-0.15, -0.1) is 0 Å². The van der Waals surface area contributed by atoms with Crippen LogP contribution in [0, 0.1) is 0 Å². The third kappa shape index (κ3) is 2.76. The molecule has 1 aliphatic carbocycles. The number of rotatable bonds is 4. The van der Waals surface area contributed by atoms with Crippen molar-refractivity contribution in [1.82, 2.24) is 19.4 Å². The molecule has 5 nitrogen and oxygen atoms in total. The Morgan fingerprint density at radius 3 is 2.68 bits per heavy atom. The largest absolute Gasteiger partial charge is 0.323 e. The van der Waals surface area contributed by atoms with Gasteiger partial charge in [-0.05, 0) is 39.2 Å². The zero-order valence-electron chi connectivity index (χ0n) is 14.4. The van der Waals surface area contributed by atoms with E-state index in [4.69, 9.17) is 4.98 Å². The van der Waals surface area contributed by atoms with Gasteiger partial charge in [-0.2, -0.15) is 0 Å². The molecule has 4 rings (SSSR count). The predicted molar refractivity (Wildman–Crippen MR) is 101 cm³/mol. The highest BCUT2D eigenvalue weighted by Crippen LogP contribution is 2.29. The van der Waals surface area contributed by atoms with Gasteiger partial charge in [0, 0.05) is 29.6 Å². The molecule has 0 radical (unpaired) electrons. The van der Waals surface area contributed by atoms with Gasteiger partial charge < -0.3 is 9.47 Å². The van der Waals surface area contributed by atoms with E-state index in [-0.39, 0.29) is 5.43 Å². The van der Waals surface area contributed by atoms with E-state index in [2.05, 4.69) is 28.5 Å². The molecule has 0 N–H and O–H groups in total. The van der Waals surface area contributed by atoms with Crippen LogP contribution in [0.25, 0.3) is 33.3 Å². The number of nitrogens with zero attached hydrogens (tertiary/aromatic N) is 4. The van der Waals surface area contributed by atoms with Crippen molar-refractivity contribution in [2.24, 2.45) is 0 Å². The van der Waals surface area contributed by atoms with Crippen LogP contribution >= 0.6 is 0 Å². The fraction of sp³-hybridized carbons (Fsp3) is 0.250. The minimum Gasteiger partial charge on any atom is -0.323 e. The highest BCUT2D eigenvalue weighted by molar-refractivity contribution is 5.97. The first kappa shape index (κ1) is 15.7. The minimum atomic E-state index is 0.0292. The SMILES string of the molecule is CN(C)CCCn1c2cc(=O)c3ccccc3c-2nc2cccnc21. The summed E-state index contributed by atoms with van der Waals surface area (Å²) in [5.41, 5.74) is 3.42. The predicted octanol–water partition coefficient (Wildman–Crippen LogP) is 3.00. The maximum Gasteiger partial charge on any atom is 0.188 e. The first-order chi connectivity index (χ1) is 12.1. The van der Waals surface area contributed by atoms with E-state index in [0.717, 1.165) is 47.4 Å². The van der Waals surface area contributed by atoms with E-state index in [0.29, 0.717) is 5.39 Å². The van der Waals surface area contributed by atoms with Crippen LogP contribution in [0.5, 0.6) is 0 Å². The molecular weight excluding hydrogens is 312 g/mol. The summed E-state index contributed by atoms with van der Waals surface area (Å²) in [6, 6.07) is 13.3. The highest BCUT2D eigenvalue weighted by atomic mass is 16.1. The van der Waals surface area contributed by atoms with Gasteiger partial charge in [0.15, 0.2) is 11.1 Å². The van der Waals surface area contributed by atoms with Gasteiger partial charge >= 0.3 is 0 Å². The Bertz CT molecular complexity index is 1080. The van der Waals surface area contributed by atoms with E-state index >= 15 is 0 Å². The van der Waals surface area contributed by atoms with Crippen molar-refractivity contribution in [3.63, 3.8) is 0 Å². The molecular formula is C20H20N4O. The average Bonchev–Trinajstić information content (AvgIpc) is 2.62. The Hall–Kier alpha value is -2.79. The molecule has 2 aliphatic rings. The normalized spacial score (nSPS) is 11.8. The molecule has 25 heavy (non-hydrogen) atoms. The molecule has 0 saturated carbocycles. The van der Waals surface area contributed by atoms with Crippen LogP contribution in [-0.4, -0.2) is 40.1 Å². The number of pyridine rings is 1. The van der Waals surface area contributed by atoms with Crippen molar-refractivity contribution in [3.8, 4) is 11.4 Å². The standard InChI is InChI=1S/C20H20N4O/c1-23(2)11-6-12-24-17-13-18(25)14-7-3-4-8-15(14)19(17)22-16-9-5-10-21-20(16)24/h3-5,7-10,13H,6,11-12H2,1-2H3. The molecule has 0 atom stereocenters. The van der Waals surface area contributed by atoms with Gasteiger partial charge in [0.2, 0.25) is 0 Å². The first-order valence-electron chi connectivity index (χ1n) is 8.47. The first-order valence-corrected chi connectivity index (χ1v) is 8.47. The van der Waals surface area contributed by atoms with Crippen molar-refractivity contribution in [3.05, 3.63) is 58.9 Å². The maximum atomic E-state index is 12.6. The smallest absolute Gasteiger partial charge is 0.188 e. The Morgan fingerprint density at radius 1 is 1.08 bits per heavy atom. The molecule has 0 spiro atoms. The van der Waals surface area contributed by atoms with Gasteiger partial charge in [-0.3, -0.25) is 4.79 Å². The highest BCUT2D eigenvalue weighted by Gasteiger charge is 2.17. The molecule has 126 valence electrons. The molecule has 0 amide bonds. The topological polar surface area (TPSA) is 51.0 Å². The molecule has 2 aromatic rings. The van der Waals surface area contributed by atoms with Crippen LogP contribution in [0.15, 0.2) is 53.5 Å². The van der Waals surface area contributed by atoms with Crippen LogP contribution < -0.4 is 5.43 Å². The molecule has 0 bridgehead atoms. The van der Waals surface area contributed by atoms with Crippen molar-refractivity contribution < 1.29 is 0 Å². The Balaban J connectivity index is 2.02. The summed E-state index contributed by atoms with van der Waals surface area (Å²) in [5, 5.41) is 1.61. The average molecular weight is 332 g/mol. The van der Waals surface area contributed by atoms with Crippen LogP contribution in [0.3, 0.4) is 0 Å². The van der Waals surface area contributed by atoms with Gasteiger partial charge in [-0.25, -0.2) is 9.97 Å². The summed E-state index contributed by atoms with van der Waals surface area (Å²) in [5.74, 6) is 0. The molecule has 0 saturated heterocycles. The third-order valence-corrected chi connectivity index (χ3v) is 4.49. The fourth-order valence-corrected chi connectivity index (χ4v) is 3.33. The van der Waals surface area contributed by atoms with E-state index in [9.17, 15) is 4.79 Å².